The van der Waals surface area contributed by atoms with Crippen molar-refractivity contribution in [3.05, 3.63) is 24.3 Å². The van der Waals surface area contributed by atoms with Crippen LogP contribution in [0.15, 0.2) is 24.3 Å². The van der Waals surface area contributed by atoms with Gasteiger partial charge in [0.05, 0.1) is 5.92 Å². The van der Waals surface area contributed by atoms with E-state index in [9.17, 15) is 9.90 Å². The molecule has 0 aromatic heterocycles. The van der Waals surface area contributed by atoms with Crippen LogP contribution in [0.1, 0.15) is 25.7 Å². The van der Waals surface area contributed by atoms with Crippen LogP contribution in [0.4, 0.5) is 5.69 Å². The number of nitrogens with one attached hydrogen (secondary N) is 1. The predicted molar refractivity (Wildman–Crippen MR) is 66.7 cm³/mol. The highest BCUT2D eigenvalue weighted by Crippen LogP contribution is 2.25. The average molecular weight is 234 g/mol. The molecule has 4 nitrogen and oxygen atoms in total. The van der Waals surface area contributed by atoms with E-state index in [2.05, 4.69) is 5.32 Å². The van der Waals surface area contributed by atoms with Crippen LogP contribution in [0.5, 0.6) is 5.75 Å². The number of nitrogens with two attached hydrogens (primary N) is 1. The number of aromatic hydroxyl groups is 1. The summed E-state index contributed by atoms with van der Waals surface area (Å²) in [6, 6.07) is 6.52. The summed E-state index contributed by atoms with van der Waals surface area (Å²) in [5.74, 6) is 0.00430. The monoisotopic (exact) mass is 234 g/mol. The molecular formula is C13H18N2O2. The Kier molecular flexibility index (Phi) is 3.64. The molecule has 1 saturated carbocycles. The average Bonchev–Trinajstić information content (AvgIpc) is 2.29. The molecule has 0 aliphatic heterocycles. The Hall–Kier alpha value is -1.55. The summed E-state index contributed by atoms with van der Waals surface area (Å²) in [6.45, 7) is 0. The normalized spacial score (nSPS) is 24.3. The fourth-order valence-electron chi connectivity index (χ4n) is 2.30. The molecule has 1 aromatic rings. The van der Waals surface area contributed by atoms with Crippen LogP contribution in [-0.4, -0.2) is 17.1 Å². The molecule has 1 fully saturated rings. The fourth-order valence-corrected chi connectivity index (χ4v) is 2.30. The van der Waals surface area contributed by atoms with E-state index in [0.29, 0.717) is 5.69 Å². The zero-order valence-electron chi connectivity index (χ0n) is 9.73. The number of carbonyl (C=O) groups is 1. The minimum Gasteiger partial charge on any atom is -0.508 e. The van der Waals surface area contributed by atoms with Gasteiger partial charge >= 0.3 is 0 Å². The van der Waals surface area contributed by atoms with E-state index in [4.69, 9.17) is 5.73 Å². The van der Waals surface area contributed by atoms with Crippen LogP contribution in [0.2, 0.25) is 0 Å². The molecule has 1 aromatic carbocycles. The summed E-state index contributed by atoms with van der Waals surface area (Å²) in [5.41, 5.74) is 6.57. The third-order valence-corrected chi connectivity index (χ3v) is 3.27. The van der Waals surface area contributed by atoms with E-state index in [-0.39, 0.29) is 23.6 Å². The maximum Gasteiger partial charge on any atom is 0.229 e. The van der Waals surface area contributed by atoms with Gasteiger partial charge in [0.2, 0.25) is 5.91 Å². The molecule has 0 bridgehead atoms. The highest BCUT2D eigenvalue weighted by Gasteiger charge is 2.28. The fraction of sp³-hybridized carbons (Fsp3) is 0.462. The van der Waals surface area contributed by atoms with Gasteiger partial charge in [0.1, 0.15) is 5.75 Å². The summed E-state index contributed by atoms with van der Waals surface area (Å²) in [7, 11) is 0. The first-order valence-electron chi connectivity index (χ1n) is 6.02. The highest BCUT2D eigenvalue weighted by molar-refractivity contribution is 5.93. The molecule has 17 heavy (non-hydrogen) atoms. The molecule has 92 valence electrons. The second-order valence-corrected chi connectivity index (χ2v) is 4.59. The third kappa shape index (κ3) is 2.97. The van der Waals surface area contributed by atoms with E-state index in [1.807, 2.05) is 0 Å². The maximum absolute atomic E-state index is 12.0. The molecule has 1 amide bonds. The number of rotatable bonds is 2. The molecule has 2 unspecified atom stereocenters. The van der Waals surface area contributed by atoms with Crippen molar-refractivity contribution in [1.29, 1.82) is 0 Å². The van der Waals surface area contributed by atoms with Crippen LogP contribution in [0.25, 0.3) is 0 Å². The minimum absolute atomic E-state index is 0.0391. The van der Waals surface area contributed by atoms with Crippen molar-refractivity contribution in [2.45, 2.75) is 31.7 Å². The van der Waals surface area contributed by atoms with Crippen molar-refractivity contribution in [2.75, 3.05) is 5.32 Å². The molecule has 0 spiro atoms. The molecule has 2 atom stereocenters. The highest BCUT2D eigenvalue weighted by atomic mass is 16.3. The Morgan fingerprint density at radius 3 is 2.82 bits per heavy atom. The van der Waals surface area contributed by atoms with Gasteiger partial charge in [-0.3, -0.25) is 4.79 Å². The number of hydrogen-bond acceptors (Lipinski definition) is 3. The largest absolute Gasteiger partial charge is 0.508 e. The Labute approximate surface area is 101 Å². The van der Waals surface area contributed by atoms with Crippen molar-refractivity contribution < 1.29 is 9.90 Å². The molecule has 4 heteroatoms. The molecule has 4 N–H and O–H groups in total. The van der Waals surface area contributed by atoms with E-state index < -0.39 is 0 Å². The lowest BCUT2D eigenvalue weighted by molar-refractivity contribution is -0.121. The standard InChI is InChI=1S/C13H18N2O2/c14-12-7-2-1-6-11(12)13(17)15-9-4-3-5-10(16)8-9/h3-5,8,11-12,16H,1-2,6-7,14H2,(H,15,17). The number of phenolic OH excluding ortho intramolecular Hbond substituents is 1. The van der Waals surface area contributed by atoms with Gasteiger partial charge in [0.25, 0.3) is 0 Å². The van der Waals surface area contributed by atoms with E-state index in [1.165, 1.54) is 6.07 Å². The Morgan fingerprint density at radius 2 is 2.12 bits per heavy atom. The second kappa shape index (κ2) is 5.19. The summed E-state index contributed by atoms with van der Waals surface area (Å²) in [5, 5.41) is 12.1. The first-order chi connectivity index (χ1) is 8.16. The lowest BCUT2D eigenvalue weighted by atomic mass is 9.84. The van der Waals surface area contributed by atoms with Crippen LogP contribution < -0.4 is 11.1 Å². The van der Waals surface area contributed by atoms with E-state index in [1.54, 1.807) is 18.2 Å². The first kappa shape index (κ1) is 11.9. The minimum atomic E-state index is -0.105. The Balaban J connectivity index is 2.01. The summed E-state index contributed by atoms with van der Waals surface area (Å²) < 4.78 is 0. The summed E-state index contributed by atoms with van der Waals surface area (Å²) in [4.78, 5) is 12.0. The second-order valence-electron chi connectivity index (χ2n) is 4.59. The SMILES string of the molecule is NC1CCCCC1C(=O)Nc1cccc(O)c1. The Bertz CT molecular complexity index is 406. The number of hydrogen-bond donors (Lipinski definition) is 3. The lowest BCUT2D eigenvalue weighted by Crippen LogP contribution is -2.40. The van der Waals surface area contributed by atoms with E-state index in [0.717, 1.165) is 25.7 Å². The zero-order chi connectivity index (χ0) is 12.3. The zero-order valence-corrected chi connectivity index (χ0v) is 9.73. The van der Waals surface area contributed by atoms with Gasteiger partial charge in [0.15, 0.2) is 0 Å². The van der Waals surface area contributed by atoms with Gasteiger partial charge in [-0.25, -0.2) is 0 Å². The van der Waals surface area contributed by atoms with Crippen molar-refractivity contribution >= 4 is 11.6 Å². The van der Waals surface area contributed by atoms with Gasteiger partial charge in [-0.05, 0) is 25.0 Å². The predicted octanol–water partition coefficient (Wildman–Crippen LogP) is 1.85. The lowest BCUT2D eigenvalue weighted by Gasteiger charge is -2.27. The topological polar surface area (TPSA) is 75.4 Å². The van der Waals surface area contributed by atoms with Gasteiger partial charge in [0, 0.05) is 17.8 Å². The van der Waals surface area contributed by atoms with E-state index >= 15 is 0 Å². The first-order valence-corrected chi connectivity index (χ1v) is 6.02. The third-order valence-electron chi connectivity index (χ3n) is 3.27. The molecule has 1 aliphatic rings. The molecule has 0 heterocycles. The van der Waals surface area contributed by atoms with Gasteiger partial charge < -0.3 is 16.2 Å². The van der Waals surface area contributed by atoms with Crippen LogP contribution >= 0.6 is 0 Å². The molecule has 1 aliphatic carbocycles. The van der Waals surface area contributed by atoms with Crippen LogP contribution in [0.3, 0.4) is 0 Å². The van der Waals surface area contributed by atoms with Gasteiger partial charge in [-0.2, -0.15) is 0 Å². The molecular weight excluding hydrogens is 216 g/mol. The van der Waals surface area contributed by atoms with Crippen molar-refractivity contribution in [1.82, 2.24) is 0 Å². The van der Waals surface area contributed by atoms with Gasteiger partial charge in [-0.15, -0.1) is 0 Å². The molecule has 0 saturated heterocycles. The number of phenols is 1. The van der Waals surface area contributed by atoms with Crippen molar-refractivity contribution in [2.24, 2.45) is 11.7 Å². The smallest absolute Gasteiger partial charge is 0.229 e. The number of anilines is 1. The maximum atomic E-state index is 12.0. The van der Waals surface area contributed by atoms with Crippen molar-refractivity contribution in [3.8, 4) is 5.75 Å². The quantitative estimate of drug-likeness (QED) is 0.731. The summed E-state index contributed by atoms with van der Waals surface area (Å²) >= 11 is 0. The Morgan fingerprint density at radius 1 is 1.35 bits per heavy atom. The molecule has 2 rings (SSSR count). The van der Waals surface area contributed by atoms with Crippen molar-refractivity contribution in [3.63, 3.8) is 0 Å². The number of carbonyl (C=O) groups excluding carboxylic acids is 1. The number of benzene rings is 1. The molecule has 0 radical (unpaired) electrons. The van der Waals surface area contributed by atoms with Crippen LogP contribution in [-0.2, 0) is 4.79 Å². The number of amides is 1. The van der Waals surface area contributed by atoms with Gasteiger partial charge in [-0.1, -0.05) is 18.9 Å². The van der Waals surface area contributed by atoms with Crippen LogP contribution in [0, 0.1) is 5.92 Å². The summed E-state index contributed by atoms with van der Waals surface area (Å²) in [6.07, 6.45) is 3.94.